The van der Waals surface area contributed by atoms with E-state index in [4.69, 9.17) is 19.9 Å². The molecule has 3 N–H and O–H groups in total. The standard InChI is InChI=1S/C18H26N2O4.ClH/c1-22-15-9-13(10-16-17(15)24-8-7-23-16)18(21)20-14(11-19)12-5-3-2-4-6-12;/h9-10,12,14H,2-8,11,19H2,1H3,(H,20,21);1H. The number of nitrogens with two attached hydrogens (primary N) is 1. The molecule has 0 radical (unpaired) electrons. The molecular formula is C18H27ClN2O4. The molecule has 1 aromatic rings. The first-order chi connectivity index (χ1) is 11.7. The molecule has 1 aromatic carbocycles. The number of fused-ring (bicyclic) bond motifs is 1. The van der Waals surface area contributed by atoms with Gasteiger partial charge in [0.2, 0.25) is 5.75 Å². The lowest BCUT2D eigenvalue weighted by atomic mass is 9.84. The van der Waals surface area contributed by atoms with Crippen molar-refractivity contribution in [3.05, 3.63) is 17.7 Å². The van der Waals surface area contributed by atoms with Gasteiger partial charge in [-0.05, 0) is 30.9 Å². The van der Waals surface area contributed by atoms with Crippen molar-refractivity contribution in [1.29, 1.82) is 0 Å². The van der Waals surface area contributed by atoms with Crippen LogP contribution in [0.25, 0.3) is 0 Å². The highest BCUT2D eigenvalue weighted by molar-refractivity contribution is 5.95. The summed E-state index contributed by atoms with van der Waals surface area (Å²) in [5.74, 6) is 1.94. The van der Waals surface area contributed by atoms with Gasteiger partial charge in [0, 0.05) is 18.2 Å². The van der Waals surface area contributed by atoms with Gasteiger partial charge >= 0.3 is 0 Å². The molecular weight excluding hydrogens is 344 g/mol. The van der Waals surface area contributed by atoms with Crippen molar-refractivity contribution >= 4 is 18.3 Å². The third kappa shape index (κ3) is 4.50. The second kappa shape index (κ2) is 9.15. The van der Waals surface area contributed by atoms with Crippen molar-refractivity contribution in [2.24, 2.45) is 11.7 Å². The molecule has 1 fully saturated rings. The zero-order valence-corrected chi connectivity index (χ0v) is 15.4. The highest BCUT2D eigenvalue weighted by Gasteiger charge is 2.26. The number of carbonyl (C=O) groups is 1. The van der Waals surface area contributed by atoms with Gasteiger partial charge in [-0.2, -0.15) is 0 Å². The van der Waals surface area contributed by atoms with E-state index in [0.29, 0.717) is 48.5 Å². The maximum Gasteiger partial charge on any atom is 0.251 e. The molecule has 1 amide bonds. The van der Waals surface area contributed by atoms with Crippen LogP contribution in [-0.4, -0.2) is 38.8 Å². The maximum absolute atomic E-state index is 12.7. The van der Waals surface area contributed by atoms with Crippen molar-refractivity contribution in [2.45, 2.75) is 38.1 Å². The largest absolute Gasteiger partial charge is 0.493 e. The molecule has 0 spiro atoms. The van der Waals surface area contributed by atoms with Crippen LogP contribution in [0.4, 0.5) is 0 Å². The zero-order chi connectivity index (χ0) is 16.9. The highest BCUT2D eigenvalue weighted by atomic mass is 35.5. The lowest BCUT2D eigenvalue weighted by Crippen LogP contribution is -2.45. The van der Waals surface area contributed by atoms with E-state index < -0.39 is 0 Å². The molecule has 140 valence electrons. The van der Waals surface area contributed by atoms with Gasteiger partial charge in [-0.3, -0.25) is 4.79 Å². The molecule has 3 rings (SSSR count). The summed E-state index contributed by atoms with van der Waals surface area (Å²) in [6.07, 6.45) is 5.98. The van der Waals surface area contributed by atoms with Gasteiger partial charge in [0.05, 0.1) is 7.11 Å². The number of ether oxygens (including phenoxy) is 3. The van der Waals surface area contributed by atoms with E-state index in [1.54, 1.807) is 19.2 Å². The Kier molecular flexibility index (Phi) is 7.20. The summed E-state index contributed by atoms with van der Waals surface area (Å²) in [6.45, 7) is 1.40. The lowest BCUT2D eigenvalue weighted by Gasteiger charge is -2.30. The zero-order valence-electron chi connectivity index (χ0n) is 14.6. The average molecular weight is 371 g/mol. The fourth-order valence-corrected chi connectivity index (χ4v) is 3.56. The molecule has 25 heavy (non-hydrogen) atoms. The van der Waals surface area contributed by atoms with Crippen molar-refractivity contribution in [3.63, 3.8) is 0 Å². The first-order valence-electron chi connectivity index (χ1n) is 8.71. The second-order valence-electron chi connectivity index (χ2n) is 6.42. The molecule has 2 aliphatic rings. The summed E-state index contributed by atoms with van der Waals surface area (Å²) in [7, 11) is 1.56. The average Bonchev–Trinajstić information content (AvgIpc) is 2.65. The van der Waals surface area contributed by atoms with E-state index in [2.05, 4.69) is 5.32 Å². The minimum absolute atomic E-state index is 0. The van der Waals surface area contributed by atoms with Crippen molar-refractivity contribution in [1.82, 2.24) is 5.32 Å². The van der Waals surface area contributed by atoms with Crippen LogP contribution in [0.1, 0.15) is 42.5 Å². The topological polar surface area (TPSA) is 82.8 Å². The predicted octanol–water partition coefficient (Wildman–Crippen LogP) is 2.53. The number of hydrogen-bond donors (Lipinski definition) is 2. The molecule has 6 nitrogen and oxygen atoms in total. The first-order valence-corrected chi connectivity index (χ1v) is 8.71. The Morgan fingerprint density at radius 3 is 2.68 bits per heavy atom. The van der Waals surface area contributed by atoms with E-state index in [9.17, 15) is 4.79 Å². The number of hydrogen-bond acceptors (Lipinski definition) is 5. The molecule has 7 heteroatoms. The summed E-state index contributed by atoms with van der Waals surface area (Å²) < 4.78 is 16.5. The van der Waals surface area contributed by atoms with Crippen LogP contribution in [0.3, 0.4) is 0 Å². The highest BCUT2D eigenvalue weighted by Crippen LogP contribution is 2.40. The normalized spacial score (nSPS) is 18.0. The number of carbonyl (C=O) groups excluding carboxylic acids is 1. The van der Waals surface area contributed by atoms with E-state index in [1.165, 1.54) is 19.3 Å². The van der Waals surface area contributed by atoms with Crippen LogP contribution < -0.4 is 25.3 Å². The Labute approximate surface area is 154 Å². The van der Waals surface area contributed by atoms with Crippen LogP contribution in [-0.2, 0) is 0 Å². The summed E-state index contributed by atoms with van der Waals surface area (Å²) in [6, 6.07) is 3.41. The summed E-state index contributed by atoms with van der Waals surface area (Å²) in [4.78, 5) is 12.7. The van der Waals surface area contributed by atoms with Gasteiger partial charge in [0.15, 0.2) is 11.5 Å². The quantitative estimate of drug-likeness (QED) is 0.832. The van der Waals surface area contributed by atoms with Crippen LogP contribution in [0.5, 0.6) is 17.2 Å². The number of nitrogens with one attached hydrogen (secondary N) is 1. The van der Waals surface area contributed by atoms with Crippen LogP contribution in [0, 0.1) is 5.92 Å². The fourth-order valence-electron chi connectivity index (χ4n) is 3.56. The number of amides is 1. The Balaban J connectivity index is 0.00000225. The molecule has 1 heterocycles. The number of benzene rings is 1. The van der Waals surface area contributed by atoms with Gasteiger partial charge in [-0.15, -0.1) is 12.4 Å². The van der Waals surface area contributed by atoms with Gasteiger partial charge in [0.1, 0.15) is 13.2 Å². The van der Waals surface area contributed by atoms with E-state index in [-0.39, 0.29) is 24.4 Å². The van der Waals surface area contributed by atoms with Gasteiger partial charge in [0.25, 0.3) is 5.91 Å². The molecule has 1 unspecified atom stereocenters. The smallest absolute Gasteiger partial charge is 0.251 e. The predicted molar refractivity (Wildman–Crippen MR) is 98.1 cm³/mol. The van der Waals surface area contributed by atoms with Crippen molar-refractivity contribution in [3.8, 4) is 17.2 Å². The molecule has 1 saturated carbocycles. The molecule has 0 saturated heterocycles. The molecule has 1 aliphatic carbocycles. The van der Waals surface area contributed by atoms with Crippen LogP contribution in [0.15, 0.2) is 12.1 Å². The summed E-state index contributed by atoms with van der Waals surface area (Å²) >= 11 is 0. The van der Waals surface area contributed by atoms with Gasteiger partial charge < -0.3 is 25.3 Å². The van der Waals surface area contributed by atoms with Crippen LogP contribution in [0.2, 0.25) is 0 Å². The monoisotopic (exact) mass is 370 g/mol. The SMILES string of the molecule is COc1cc(C(=O)NC(CN)C2CCCCC2)cc2c1OCCO2.Cl. The number of rotatable bonds is 5. The minimum Gasteiger partial charge on any atom is -0.493 e. The summed E-state index contributed by atoms with van der Waals surface area (Å²) in [5, 5.41) is 3.09. The first kappa shape index (κ1) is 19.7. The second-order valence-corrected chi connectivity index (χ2v) is 6.42. The molecule has 0 bridgehead atoms. The van der Waals surface area contributed by atoms with Gasteiger partial charge in [-0.25, -0.2) is 0 Å². The Morgan fingerprint density at radius 1 is 1.28 bits per heavy atom. The third-order valence-electron chi connectivity index (χ3n) is 4.88. The number of methoxy groups -OCH3 is 1. The van der Waals surface area contributed by atoms with E-state index >= 15 is 0 Å². The summed E-state index contributed by atoms with van der Waals surface area (Å²) in [5.41, 5.74) is 6.42. The van der Waals surface area contributed by atoms with Crippen molar-refractivity contribution < 1.29 is 19.0 Å². The Bertz CT molecular complexity index is 573. The van der Waals surface area contributed by atoms with E-state index in [0.717, 1.165) is 12.8 Å². The molecule has 1 aliphatic heterocycles. The fraction of sp³-hybridized carbons (Fsp3) is 0.611. The minimum atomic E-state index is -0.147. The van der Waals surface area contributed by atoms with Crippen LogP contribution >= 0.6 is 12.4 Å². The lowest BCUT2D eigenvalue weighted by molar-refractivity contribution is 0.0913. The van der Waals surface area contributed by atoms with Crippen molar-refractivity contribution in [2.75, 3.05) is 26.9 Å². The maximum atomic E-state index is 12.7. The Morgan fingerprint density at radius 2 is 2.00 bits per heavy atom. The third-order valence-corrected chi connectivity index (χ3v) is 4.88. The van der Waals surface area contributed by atoms with E-state index in [1.807, 2.05) is 0 Å². The molecule has 1 atom stereocenters. The van der Waals surface area contributed by atoms with Gasteiger partial charge in [-0.1, -0.05) is 19.3 Å². The molecule has 0 aromatic heterocycles. The Hall–Kier alpha value is -1.66. The number of halogens is 1.